The van der Waals surface area contributed by atoms with Crippen LogP contribution in [0.1, 0.15) is 31.9 Å². The fraction of sp³-hybridized carbons (Fsp3) is 0.316. The Morgan fingerprint density at radius 2 is 2.04 bits per heavy atom. The van der Waals surface area contributed by atoms with Gasteiger partial charge in [-0.1, -0.05) is 37.3 Å². The number of benzene rings is 1. The van der Waals surface area contributed by atoms with Gasteiger partial charge in [-0.05, 0) is 25.5 Å². The van der Waals surface area contributed by atoms with Crippen molar-refractivity contribution in [3.05, 3.63) is 48.0 Å². The number of hydrogen-bond acceptors (Lipinski definition) is 6. The van der Waals surface area contributed by atoms with E-state index in [-0.39, 0.29) is 30.2 Å². The third-order valence-electron chi connectivity index (χ3n) is 4.15. The Hall–Kier alpha value is -3.09. The van der Waals surface area contributed by atoms with Gasteiger partial charge in [0.15, 0.2) is 11.6 Å². The van der Waals surface area contributed by atoms with E-state index in [1.807, 2.05) is 25.1 Å². The molecule has 1 aliphatic rings. The second-order valence-corrected chi connectivity index (χ2v) is 6.10. The maximum Gasteiger partial charge on any atom is 0.326 e. The second kappa shape index (κ2) is 7.43. The molecule has 2 atom stereocenters. The molecule has 0 bridgehead atoms. The lowest BCUT2D eigenvalue weighted by atomic mass is 10.1. The Morgan fingerprint density at radius 1 is 1.31 bits per heavy atom. The standard InChI is InChI=1S/C19H21N3O4/c1-3-12(2)25-16(23)11-22-18-14(9-10-15(20)21-18)26-17(19(22)24)13-7-5-4-6-8-13/h4-10,12,17H,3,11H2,1-2H3,(H2,20,21). The number of anilines is 2. The number of amides is 1. The summed E-state index contributed by atoms with van der Waals surface area (Å²) in [6.07, 6.45) is -0.389. The zero-order valence-electron chi connectivity index (χ0n) is 14.7. The quantitative estimate of drug-likeness (QED) is 0.828. The average Bonchev–Trinajstić information content (AvgIpc) is 2.64. The molecule has 136 valence electrons. The normalized spacial score (nSPS) is 17.2. The lowest BCUT2D eigenvalue weighted by Gasteiger charge is -2.33. The van der Waals surface area contributed by atoms with Crippen molar-refractivity contribution < 1.29 is 19.1 Å². The highest BCUT2D eigenvalue weighted by Crippen LogP contribution is 2.37. The van der Waals surface area contributed by atoms with Crippen LogP contribution < -0.4 is 15.4 Å². The number of rotatable bonds is 5. The molecule has 1 amide bonds. The van der Waals surface area contributed by atoms with Crippen LogP contribution in [0.4, 0.5) is 11.6 Å². The van der Waals surface area contributed by atoms with Gasteiger partial charge in [-0.2, -0.15) is 0 Å². The van der Waals surface area contributed by atoms with Gasteiger partial charge in [0.2, 0.25) is 6.10 Å². The highest BCUT2D eigenvalue weighted by molar-refractivity contribution is 6.02. The molecule has 0 saturated heterocycles. The summed E-state index contributed by atoms with van der Waals surface area (Å²) >= 11 is 0. The van der Waals surface area contributed by atoms with Crippen molar-refractivity contribution in [3.63, 3.8) is 0 Å². The van der Waals surface area contributed by atoms with E-state index in [0.717, 1.165) is 0 Å². The predicted octanol–water partition coefficient (Wildman–Crippen LogP) is 2.47. The highest BCUT2D eigenvalue weighted by Gasteiger charge is 2.38. The van der Waals surface area contributed by atoms with Gasteiger partial charge >= 0.3 is 5.97 Å². The van der Waals surface area contributed by atoms with Gasteiger partial charge in [0.1, 0.15) is 12.4 Å². The van der Waals surface area contributed by atoms with E-state index in [0.29, 0.717) is 17.7 Å². The van der Waals surface area contributed by atoms with Crippen molar-refractivity contribution in [2.75, 3.05) is 17.2 Å². The Bertz CT molecular complexity index is 810. The topological polar surface area (TPSA) is 94.8 Å². The molecule has 2 aromatic rings. The molecule has 0 fully saturated rings. The Kier molecular flexibility index (Phi) is 5.06. The molecule has 0 spiro atoms. The van der Waals surface area contributed by atoms with Crippen LogP contribution in [0.5, 0.6) is 5.75 Å². The van der Waals surface area contributed by atoms with E-state index in [1.54, 1.807) is 31.2 Å². The maximum absolute atomic E-state index is 13.0. The van der Waals surface area contributed by atoms with Crippen LogP contribution in [0.2, 0.25) is 0 Å². The van der Waals surface area contributed by atoms with Gasteiger partial charge in [-0.3, -0.25) is 14.5 Å². The first-order valence-corrected chi connectivity index (χ1v) is 8.48. The molecule has 1 aromatic heterocycles. The van der Waals surface area contributed by atoms with Crippen molar-refractivity contribution in [2.45, 2.75) is 32.5 Å². The van der Waals surface area contributed by atoms with E-state index >= 15 is 0 Å². The van der Waals surface area contributed by atoms with Crippen LogP contribution in [0.15, 0.2) is 42.5 Å². The Labute approximate surface area is 151 Å². The van der Waals surface area contributed by atoms with Crippen molar-refractivity contribution in [2.24, 2.45) is 0 Å². The zero-order valence-corrected chi connectivity index (χ0v) is 14.7. The zero-order chi connectivity index (χ0) is 18.7. The molecule has 0 saturated carbocycles. The molecular formula is C19H21N3O4. The van der Waals surface area contributed by atoms with E-state index in [4.69, 9.17) is 15.2 Å². The monoisotopic (exact) mass is 355 g/mol. The first-order chi connectivity index (χ1) is 12.5. The SMILES string of the molecule is CCC(C)OC(=O)CN1C(=O)C(c2ccccc2)Oc2ccc(N)nc21. The Balaban J connectivity index is 1.93. The van der Waals surface area contributed by atoms with Crippen LogP contribution in [-0.2, 0) is 14.3 Å². The fourth-order valence-corrected chi connectivity index (χ4v) is 2.62. The van der Waals surface area contributed by atoms with Crippen molar-refractivity contribution in [1.82, 2.24) is 4.98 Å². The van der Waals surface area contributed by atoms with Crippen LogP contribution in [0.3, 0.4) is 0 Å². The minimum atomic E-state index is -0.856. The molecule has 3 rings (SSSR count). The highest BCUT2D eigenvalue weighted by atomic mass is 16.5. The predicted molar refractivity (Wildman–Crippen MR) is 96.7 cm³/mol. The summed E-state index contributed by atoms with van der Waals surface area (Å²) in [5.41, 5.74) is 6.44. The maximum atomic E-state index is 13.0. The number of fused-ring (bicyclic) bond motifs is 1. The number of pyridine rings is 1. The largest absolute Gasteiger partial charge is 0.472 e. The second-order valence-electron chi connectivity index (χ2n) is 6.10. The van der Waals surface area contributed by atoms with Gasteiger partial charge in [-0.25, -0.2) is 4.98 Å². The summed E-state index contributed by atoms with van der Waals surface area (Å²) in [5, 5.41) is 0. The molecule has 1 aliphatic heterocycles. The van der Waals surface area contributed by atoms with Gasteiger partial charge in [0.25, 0.3) is 5.91 Å². The first kappa shape index (κ1) is 17.7. The van der Waals surface area contributed by atoms with Gasteiger partial charge in [0, 0.05) is 5.56 Å². The minimum absolute atomic E-state index is 0.225. The summed E-state index contributed by atoms with van der Waals surface area (Å²) < 4.78 is 11.1. The van der Waals surface area contributed by atoms with Gasteiger partial charge < -0.3 is 15.2 Å². The number of aromatic nitrogens is 1. The lowest BCUT2D eigenvalue weighted by Crippen LogP contribution is -2.45. The number of hydrogen-bond donors (Lipinski definition) is 1. The summed E-state index contributed by atoms with van der Waals surface area (Å²) in [6, 6.07) is 12.3. The molecule has 0 radical (unpaired) electrons. The van der Waals surface area contributed by atoms with E-state index in [2.05, 4.69) is 4.98 Å². The summed E-state index contributed by atoms with van der Waals surface area (Å²) in [4.78, 5) is 30.7. The molecule has 26 heavy (non-hydrogen) atoms. The van der Waals surface area contributed by atoms with Crippen molar-refractivity contribution in [3.8, 4) is 5.75 Å². The molecule has 2 unspecified atom stereocenters. The number of nitrogens with two attached hydrogens (primary N) is 1. The molecule has 0 aliphatic carbocycles. The summed E-state index contributed by atoms with van der Waals surface area (Å²) in [5.74, 6) is -0.0367. The average molecular weight is 355 g/mol. The van der Waals surface area contributed by atoms with Crippen LogP contribution in [0.25, 0.3) is 0 Å². The fourth-order valence-electron chi connectivity index (χ4n) is 2.62. The van der Waals surface area contributed by atoms with E-state index in [9.17, 15) is 9.59 Å². The number of nitrogens with zero attached hydrogens (tertiary/aromatic N) is 2. The summed E-state index contributed by atoms with van der Waals surface area (Å²) in [7, 11) is 0. The number of nitrogen functional groups attached to an aromatic ring is 1. The molecule has 7 nitrogen and oxygen atoms in total. The number of carbonyl (C=O) groups excluding carboxylic acids is 2. The smallest absolute Gasteiger partial charge is 0.326 e. The molecular weight excluding hydrogens is 334 g/mol. The van der Waals surface area contributed by atoms with Crippen molar-refractivity contribution in [1.29, 1.82) is 0 Å². The third-order valence-corrected chi connectivity index (χ3v) is 4.15. The van der Waals surface area contributed by atoms with Gasteiger partial charge in [0.05, 0.1) is 6.10 Å². The van der Waals surface area contributed by atoms with Gasteiger partial charge in [-0.15, -0.1) is 0 Å². The van der Waals surface area contributed by atoms with E-state index < -0.39 is 12.1 Å². The Morgan fingerprint density at radius 3 is 2.73 bits per heavy atom. The number of carbonyl (C=O) groups is 2. The van der Waals surface area contributed by atoms with E-state index in [1.165, 1.54) is 4.90 Å². The first-order valence-electron chi connectivity index (χ1n) is 8.48. The van der Waals surface area contributed by atoms with Crippen LogP contribution in [0, 0.1) is 0 Å². The summed E-state index contributed by atoms with van der Waals surface area (Å²) in [6.45, 7) is 3.47. The lowest BCUT2D eigenvalue weighted by molar-refractivity contribution is -0.148. The van der Waals surface area contributed by atoms with Crippen LogP contribution >= 0.6 is 0 Å². The van der Waals surface area contributed by atoms with Crippen molar-refractivity contribution >= 4 is 23.5 Å². The number of esters is 1. The third kappa shape index (κ3) is 3.61. The molecule has 2 heterocycles. The molecule has 7 heteroatoms. The minimum Gasteiger partial charge on any atom is -0.472 e. The number of ether oxygens (including phenoxy) is 2. The van der Waals surface area contributed by atoms with Crippen LogP contribution in [-0.4, -0.2) is 29.5 Å². The molecule has 1 aromatic carbocycles. The molecule has 2 N–H and O–H groups in total.